The molecule has 0 aromatic heterocycles. The fourth-order valence-corrected chi connectivity index (χ4v) is 2.93. The maximum Gasteiger partial charge on any atom is 0.119 e. The van der Waals surface area contributed by atoms with Gasteiger partial charge >= 0.3 is 0 Å². The van der Waals surface area contributed by atoms with Gasteiger partial charge in [-0.05, 0) is 66.9 Å². The molecule has 1 aliphatic rings. The van der Waals surface area contributed by atoms with Gasteiger partial charge in [0.05, 0.1) is 6.61 Å². The van der Waals surface area contributed by atoms with E-state index in [1.54, 1.807) is 0 Å². The van der Waals surface area contributed by atoms with E-state index in [0.717, 1.165) is 29.9 Å². The Balaban J connectivity index is 1.69. The first-order chi connectivity index (χ1) is 9.31. The number of fused-ring (bicyclic) bond motifs is 1. The summed E-state index contributed by atoms with van der Waals surface area (Å²) in [5, 5.41) is 5.85. The molecule has 0 unspecified atom stereocenters. The largest absolute Gasteiger partial charge is 0.493 e. The lowest BCUT2D eigenvalue weighted by molar-refractivity contribution is 0.215. The molecule has 3 rings (SSSR count). The second-order valence-corrected chi connectivity index (χ2v) is 6.07. The van der Waals surface area contributed by atoms with Crippen molar-refractivity contribution in [2.45, 2.75) is 12.8 Å². The minimum Gasteiger partial charge on any atom is -0.493 e. The van der Waals surface area contributed by atoms with E-state index in [1.807, 2.05) is 0 Å². The summed E-state index contributed by atoms with van der Waals surface area (Å²) in [7, 11) is 0. The zero-order valence-corrected chi connectivity index (χ0v) is 12.4. The maximum atomic E-state index is 5.94. The zero-order chi connectivity index (χ0) is 13.1. The number of piperidine rings is 1. The van der Waals surface area contributed by atoms with Crippen molar-refractivity contribution in [1.82, 2.24) is 5.32 Å². The number of benzene rings is 2. The maximum absolute atomic E-state index is 5.94. The molecule has 2 aromatic carbocycles. The monoisotopic (exact) mass is 319 g/mol. The fourth-order valence-electron chi connectivity index (χ4n) is 2.55. The topological polar surface area (TPSA) is 21.3 Å². The van der Waals surface area contributed by atoms with E-state index in [2.05, 4.69) is 57.6 Å². The summed E-state index contributed by atoms with van der Waals surface area (Å²) in [6.07, 6.45) is 2.45. The van der Waals surface area contributed by atoms with Crippen molar-refractivity contribution in [3.8, 4) is 5.75 Å². The Bertz CT molecular complexity index is 564. The van der Waals surface area contributed by atoms with Gasteiger partial charge < -0.3 is 10.1 Å². The highest BCUT2D eigenvalue weighted by Crippen LogP contribution is 2.25. The van der Waals surface area contributed by atoms with Gasteiger partial charge in [-0.25, -0.2) is 0 Å². The Morgan fingerprint density at radius 2 is 1.79 bits per heavy atom. The van der Waals surface area contributed by atoms with Crippen LogP contribution in [0.15, 0.2) is 40.9 Å². The Morgan fingerprint density at radius 1 is 1.05 bits per heavy atom. The molecule has 1 saturated heterocycles. The highest BCUT2D eigenvalue weighted by Gasteiger charge is 2.13. The molecular formula is C16H18BrNO. The van der Waals surface area contributed by atoms with Gasteiger partial charge in [-0.2, -0.15) is 0 Å². The zero-order valence-electron chi connectivity index (χ0n) is 10.9. The first-order valence-electron chi connectivity index (χ1n) is 6.84. The van der Waals surface area contributed by atoms with Crippen molar-refractivity contribution in [3.05, 3.63) is 40.9 Å². The molecule has 1 N–H and O–H groups in total. The molecule has 0 atom stereocenters. The quantitative estimate of drug-likeness (QED) is 0.923. The number of nitrogens with one attached hydrogen (secondary N) is 1. The SMILES string of the molecule is Brc1ccc2cc(OCC3CCNCC3)ccc2c1. The van der Waals surface area contributed by atoms with Crippen molar-refractivity contribution in [2.24, 2.45) is 5.92 Å². The summed E-state index contributed by atoms with van der Waals surface area (Å²) >= 11 is 3.50. The summed E-state index contributed by atoms with van der Waals surface area (Å²) in [6.45, 7) is 3.09. The Morgan fingerprint density at radius 3 is 2.63 bits per heavy atom. The second kappa shape index (κ2) is 5.93. The lowest BCUT2D eigenvalue weighted by atomic mass is 9.99. The first-order valence-corrected chi connectivity index (χ1v) is 7.63. The van der Waals surface area contributed by atoms with Gasteiger partial charge in [0.25, 0.3) is 0 Å². The van der Waals surface area contributed by atoms with Gasteiger partial charge in [0.2, 0.25) is 0 Å². The van der Waals surface area contributed by atoms with E-state index < -0.39 is 0 Å². The highest BCUT2D eigenvalue weighted by molar-refractivity contribution is 9.10. The molecule has 0 bridgehead atoms. The van der Waals surface area contributed by atoms with E-state index in [4.69, 9.17) is 4.74 Å². The third-order valence-corrected chi connectivity index (χ3v) is 4.21. The Labute approximate surface area is 122 Å². The van der Waals surface area contributed by atoms with Gasteiger partial charge in [-0.15, -0.1) is 0 Å². The smallest absolute Gasteiger partial charge is 0.119 e. The van der Waals surface area contributed by atoms with Gasteiger partial charge in [-0.3, -0.25) is 0 Å². The van der Waals surface area contributed by atoms with Crippen LogP contribution in [0.25, 0.3) is 10.8 Å². The van der Waals surface area contributed by atoms with Gasteiger partial charge in [-0.1, -0.05) is 28.1 Å². The average Bonchev–Trinajstić information content (AvgIpc) is 2.46. The lowest BCUT2D eigenvalue weighted by Gasteiger charge is -2.22. The summed E-state index contributed by atoms with van der Waals surface area (Å²) < 4.78 is 7.06. The molecule has 0 aliphatic carbocycles. The molecule has 1 aliphatic heterocycles. The summed E-state index contributed by atoms with van der Waals surface area (Å²) in [5.74, 6) is 1.68. The fraction of sp³-hybridized carbons (Fsp3) is 0.375. The molecular weight excluding hydrogens is 302 g/mol. The van der Waals surface area contributed by atoms with Gasteiger partial charge in [0.15, 0.2) is 0 Å². The van der Waals surface area contributed by atoms with Crippen LogP contribution in [-0.4, -0.2) is 19.7 Å². The molecule has 3 heteroatoms. The molecule has 0 amide bonds. The van der Waals surface area contributed by atoms with E-state index >= 15 is 0 Å². The molecule has 2 aromatic rings. The standard InChI is InChI=1S/C16H18BrNO/c17-15-3-1-14-10-16(4-2-13(14)9-15)19-11-12-5-7-18-8-6-12/h1-4,9-10,12,18H,5-8,11H2. The summed E-state index contributed by atoms with van der Waals surface area (Å²) in [4.78, 5) is 0. The highest BCUT2D eigenvalue weighted by atomic mass is 79.9. The van der Waals surface area contributed by atoms with Crippen LogP contribution in [0.4, 0.5) is 0 Å². The second-order valence-electron chi connectivity index (χ2n) is 5.16. The number of halogens is 1. The van der Waals surface area contributed by atoms with Crippen molar-refractivity contribution in [3.63, 3.8) is 0 Å². The van der Waals surface area contributed by atoms with Crippen LogP contribution in [-0.2, 0) is 0 Å². The van der Waals surface area contributed by atoms with Crippen molar-refractivity contribution < 1.29 is 4.74 Å². The first kappa shape index (κ1) is 12.9. The van der Waals surface area contributed by atoms with Crippen LogP contribution in [0.2, 0.25) is 0 Å². The average molecular weight is 320 g/mol. The third kappa shape index (κ3) is 3.28. The van der Waals surface area contributed by atoms with E-state index in [0.29, 0.717) is 5.92 Å². The van der Waals surface area contributed by atoms with Crippen LogP contribution in [0.5, 0.6) is 5.75 Å². The summed E-state index contributed by atoms with van der Waals surface area (Å²) in [5.41, 5.74) is 0. The number of ether oxygens (including phenoxy) is 1. The Hall–Kier alpha value is -1.06. The van der Waals surface area contributed by atoms with Crippen LogP contribution in [0.1, 0.15) is 12.8 Å². The predicted octanol–water partition coefficient (Wildman–Crippen LogP) is 3.98. The van der Waals surface area contributed by atoms with Crippen molar-refractivity contribution in [1.29, 1.82) is 0 Å². The molecule has 1 heterocycles. The minimum atomic E-state index is 0.696. The van der Waals surface area contributed by atoms with Gasteiger partial charge in [0, 0.05) is 4.47 Å². The van der Waals surface area contributed by atoms with Crippen LogP contribution in [0.3, 0.4) is 0 Å². The number of hydrogen-bond acceptors (Lipinski definition) is 2. The summed E-state index contributed by atoms with van der Waals surface area (Å²) in [6, 6.07) is 12.6. The number of hydrogen-bond donors (Lipinski definition) is 1. The lowest BCUT2D eigenvalue weighted by Crippen LogP contribution is -2.30. The normalized spacial score (nSPS) is 16.7. The molecule has 2 nitrogen and oxygen atoms in total. The van der Waals surface area contributed by atoms with E-state index in [1.165, 1.54) is 23.6 Å². The van der Waals surface area contributed by atoms with Crippen LogP contribution in [0, 0.1) is 5.92 Å². The molecule has 1 fully saturated rings. The number of rotatable bonds is 3. The van der Waals surface area contributed by atoms with Gasteiger partial charge in [0.1, 0.15) is 5.75 Å². The van der Waals surface area contributed by atoms with Crippen LogP contribution >= 0.6 is 15.9 Å². The molecule has 0 spiro atoms. The molecule has 0 radical (unpaired) electrons. The minimum absolute atomic E-state index is 0.696. The molecule has 19 heavy (non-hydrogen) atoms. The Kier molecular flexibility index (Phi) is 4.04. The molecule has 100 valence electrons. The van der Waals surface area contributed by atoms with E-state index in [-0.39, 0.29) is 0 Å². The van der Waals surface area contributed by atoms with E-state index in [9.17, 15) is 0 Å². The third-order valence-electron chi connectivity index (χ3n) is 3.72. The van der Waals surface area contributed by atoms with Crippen molar-refractivity contribution in [2.75, 3.05) is 19.7 Å². The van der Waals surface area contributed by atoms with Crippen molar-refractivity contribution >= 4 is 26.7 Å². The van der Waals surface area contributed by atoms with Crippen LogP contribution < -0.4 is 10.1 Å². The predicted molar refractivity (Wildman–Crippen MR) is 82.7 cm³/mol. The molecule has 0 saturated carbocycles.